The van der Waals surface area contributed by atoms with Gasteiger partial charge in [-0.25, -0.2) is 0 Å². The molecule has 1 aliphatic heterocycles. The van der Waals surface area contributed by atoms with Crippen molar-refractivity contribution in [3.63, 3.8) is 0 Å². The van der Waals surface area contributed by atoms with Crippen LogP contribution < -0.4 is 4.74 Å². The fourth-order valence-electron chi connectivity index (χ4n) is 2.58. The summed E-state index contributed by atoms with van der Waals surface area (Å²) in [7, 11) is 0. The average Bonchev–Trinajstić information content (AvgIpc) is 2.76. The molecule has 2 heterocycles. The SMILES string of the molecule is Cc1nc2c(C)cccc2c2c1C[C@@H]([C@](C)(Cl)Br)O2. The van der Waals surface area contributed by atoms with Crippen LogP contribution in [0.4, 0.5) is 0 Å². The van der Waals surface area contributed by atoms with Gasteiger partial charge in [-0.15, -0.1) is 11.6 Å². The smallest absolute Gasteiger partial charge is 0.134 e. The van der Waals surface area contributed by atoms with Gasteiger partial charge >= 0.3 is 0 Å². The number of nitrogens with zero attached hydrogens (tertiary/aromatic N) is 1. The molecule has 0 saturated heterocycles. The second kappa shape index (κ2) is 4.35. The van der Waals surface area contributed by atoms with E-state index in [2.05, 4.69) is 35.0 Å². The lowest BCUT2D eigenvalue weighted by Gasteiger charge is -2.21. The molecule has 3 rings (SSSR count). The first-order valence-electron chi connectivity index (χ1n) is 6.31. The number of benzene rings is 1. The minimum Gasteiger partial charge on any atom is -0.486 e. The predicted octanol–water partition coefficient (Wildman–Crippen LogP) is 4.51. The molecule has 100 valence electrons. The Kier molecular flexibility index (Phi) is 3.02. The molecule has 0 amide bonds. The highest BCUT2D eigenvalue weighted by Crippen LogP contribution is 2.43. The number of aryl methyl sites for hydroxylation is 2. The van der Waals surface area contributed by atoms with E-state index in [1.165, 1.54) is 11.1 Å². The standard InChI is InChI=1S/C15H15BrClNO/c1-8-5-4-6-10-13(8)18-9(2)11-7-12(15(3,16)17)19-14(10)11/h4-6,12H,7H2,1-3H3/t12-,15-/m0/s1. The molecule has 0 unspecified atom stereocenters. The van der Waals surface area contributed by atoms with Crippen molar-refractivity contribution in [2.45, 2.75) is 37.1 Å². The van der Waals surface area contributed by atoms with Crippen LogP contribution in [-0.2, 0) is 6.42 Å². The van der Waals surface area contributed by atoms with Gasteiger partial charge in [0.05, 0.1) is 5.52 Å². The Hall–Kier alpha value is -0.800. The van der Waals surface area contributed by atoms with E-state index in [0.717, 1.165) is 28.8 Å². The van der Waals surface area contributed by atoms with Crippen molar-refractivity contribution in [1.82, 2.24) is 4.98 Å². The lowest BCUT2D eigenvalue weighted by molar-refractivity contribution is 0.225. The molecule has 0 radical (unpaired) electrons. The summed E-state index contributed by atoms with van der Waals surface area (Å²) in [5, 5.41) is 1.08. The van der Waals surface area contributed by atoms with Crippen molar-refractivity contribution in [3.05, 3.63) is 35.0 Å². The third-order valence-corrected chi connectivity index (χ3v) is 4.44. The zero-order valence-corrected chi connectivity index (χ0v) is 13.5. The first-order chi connectivity index (χ1) is 8.88. The lowest BCUT2D eigenvalue weighted by Crippen LogP contribution is -2.31. The molecule has 0 saturated carbocycles. The van der Waals surface area contributed by atoms with Crippen LogP contribution in [0.3, 0.4) is 0 Å². The van der Waals surface area contributed by atoms with E-state index >= 15 is 0 Å². The van der Waals surface area contributed by atoms with E-state index in [9.17, 15) is 0 Å². The molecular formula is C15H15BrClNO. The van der Waals surface area contributed by atoms with Crippen molar-refractivity contribution in [1.29, 1.82) is 0 Å². The number of alkyl halides is 2. The van der Waals surface area contributed by atoms with Gasteiger partial charge in [0, 0.05) is 23.1 Å². The second-order valence-corrected chi connectivity index (χ2v) is 8.13. The fourth-order valence-corrected chi connectivity index (χ4v) is 2.96. The first-order valence-corrected chi connectivity index (χ1v) is 7.48. The van der Waals surface area contributed by atoms with Gasteiger partial charge in [0.25, 0.3) is 0 Å². The topological polar surface area (TPSA) is 22.1 Å². The molecule has 0 aliphatic carbocycles. The van der Waals surface area contributed by atoms with Gasteiger partial charge in [0.2, 0.25) is 0 Å². The van der Waals surface area contributed by atoms with Gasteiger partial charge in [-0.2, -0.15) is 0 Å². The Morgan fingerprint density at radius 2 is 2.16 bits per heavy atom. The summed E-state index contributed by atoms with van der Waals surface area (Å²) >= 11 is 9.82. The molecule has 1 aliphatic rings. The fraction of sp³-hybridized carbons (Fsp3) is 0.400. The van der Waals surface area contributed by atoms with Crippen molar-refractivity contribution in [3.8, 4) is 5.75 Å². The number of hydrogen-bond acceptors (Lipinski definition) is 2. The Bertz CT molecular complexity index is 663. The van der Waals surface area contributed by atoms with Crippen LogP contribution in [-0.4, -0.2) is 14.9 Å². The number of para-hydroxylation sites is 1. The monoisotopic (exact) mass is 339 g/mol. The largest absolute Gasteiger partial charge is 0.486 e. The van der Waals surface area contributed by atoms with Gasteiger partial charge in [0.1, 0.15) is 15.6 Å². The number of halogens is 2. The normalized spacial score (nSPS) is 21.0. The van der Waals surface area contributed by atoms with E-state index in [4.69, 9.17) is 21.3 Å². The molecule has 0 fully saturated rings. The van der Waals surface area contributed by atoms with Gasteiger partial charge in [-0.1, -0.05) is 28.1 Å². The van der Waals surface area contributed by atoms with E-state index in [0.29, 0.717) is 0 Å². The summed E-state index contributed by atoms with van der Waals surface area (Å²) in [6, 6.07) is 6.18. The van der Waals surface area contributed by atoms with Crippen LogP contribution in [0.15, 0.2) is 18.2 Å². The molecule has 1 aromatic heterocycles. The highest BCUT2D eigenvalue weighted by molar-refractivity contribution is 9.10. The minimum absolute atomic E-state index is 0.0734. The highest BCUT2D eigenvalue weighted by Gasteiger charge is 2.38. The lowest BCUT2D eigenvalue weighted by atomic mass is 10.0. The maximum absolute atomic E-state index is 6.34. The van der Waals surface area contributed by atoms with Crippen molar-refractivity contribution < 1.29 is 4.74 Å². The molecule has 19 heavy (non-hydrogen) atoms. The number of rotatable bonds is 1. The maximum atomic E-state index is 6.34. The van der Waals surface area contributed by atoms with Crippen LogP contribution in [0.5, 0.6) is 5.75 Å². The van der Waals surface area contributed by atoms with Gasteiger partial charge in [-0.05, 0) is 32.4 Å². The minimum atomic E-state index is -0.561. The Morgan fingerprint density at radius 3 is 2.84 bits per heavy atom. The van der Waals surface area contributed by atoms with Crippen LogP contribution in [0.25, 0.3) is 10.9 Å². The number of hydrogen-bond donors (Lipinski definition) is 0. The second-order valence-electron chi connectivity index (χ2n) is 5.24. The highest BCUT2D eigenvalue weighted by atomic mass is 79.9. The summed E-state index contributed by atoms with van der Waals surface area (Å²) < 4.78 is 5.54. The Labute approximate surface area is 126 Å². The maximum Gasteiger partial charge on any atom is 0.134 e. The number of aromatic nitrogens is 1. The molecule has 2 nitrogen and oxygen atoms in total. The average molecular weight is 341 g/mol. The zero-order valence-electron chi connectivity index (χ0n) is 11.1. The van der Waals surface area contributed by atoms with Crippen LogP contribution in [0.1, 0.15) is 23.7 Å². The molecule has 4 heteroatoms. The Morgan fingerprint density at radius 1 is 1.42 bits per heavy atom. The summed E-state index contributed by atoms with van der Waals surface area (Å²) in [4.78, 5) is 4.72. The number of fused-ring (bicyclic) bond motifs is 3. The van der Waals surface area contributed by atoms with Crippen LogP contribution in [0.2, 0.25) is 0 Å². The van der Waals surface area contributed by atoms with Crippen molar-refractivity contribution >= 4 is 38.4 Å². The summed E-state index contributed by atoms with van der Waals surface area (Å²) in [5.41, 5.74) is 4.40. The van der Waals surface area contributed by atoms with Crippen LogP contribution >= 0.6 is 27.5 Å². The molecule has 0 N–H and O–H groups in total. The summed E-state index contributed by atoms with van der Waals surface area (Å²) in [6.07, 6.45) is 0.722. The van der Waals surface area contributed by atoms with E-state index in [1.54, 1.807) is 0 Å². The van der Waals surface area contributed by atoms with Crippen molar-refractivity contribution in [2.24, 2.45) is 0 Å². The number of ether oxygens (including phenoxy) is 1. The molecule has 2 aromatic rings. The van der Waals surface area contributed by atoms with E-state index in [1.807, 2.05) is 19.9 Å². The summed E-state index contributed by atoms with van der Waals surface area (Å²) in [5.74, 6) is 0.947. The third-order valence-electron chi connectivity index (χ3n) is 3.69. The summed E-state index contributed by atoms with van der Waals surface area (Å²) in [6.45, 7) is 6.03. The third kappa shape index (κ3) is 2.13. The van der Waals surface area contributed by atoms with E-state index in [-0.39, 0.29) is 6.10 Å². The van der Waals surface area contributed by atoms with E-state index < -0.39 is 3.78 Å². The molecule has 0 bridgehead atoms. The van der Waals surface area contributed by atoms with Gasteiger partial charge in [-0.3, -0.25) is 4.98 Å². The molecule has 2 atom stereocenters. The van der Waals surface area contributed by atoms with Crippen LogP contribution in [0, 0.1) is 13.8 Å². The van der Waals surface area contributed by atoms with Gasteiger partial charge < -0.3 is 4.74 Å². The zero-order chi connectivity index (χ0) is 13.8. The molecule has 1 aromatic carbocycles. The molecular weight excluding hydrogens is 326 g/mol. The van der Waals surface area contributed by atoms with Gasteiger partial charge in [0.15, 0.2) is 0 Å². The Balaban J connectivity index is 2.22. The predicted molar refractivity (Wildman–Crippen MR) is 82.5 cm³/mol. The van der Waals surface area contributed by atoms with Crippen molar-refractivity contribution in [2.75, 3.05) is 0 Å². The number of pyridine rings is 1. The molecule has 0 spiro atoms. The quantitative estimate of drug-likeness (QED) is 0.713. The first kappa shape index (κ1) is 13.2.